The van der Waals surface area contributed by atoms with E-state index in [2.05, 4.69) is 6.92 Å². The molecule has 0 saturated carbocycles. The smallest absolute Gasteiger partial charge is 0.453 e. The number of phenolic OH excluding ortho intramolecular Hbond substituents is 2. The van der Waals surface area contributed by atoms with Gasteiger partial charge < -0.3 is 20.1 Å². The van der Waals surface area contributed by atoms with E-state index in [4.69, 9.17) is 4.74 Å². The van der Waals surface area contributed by atoms with E-state index in [-0.39, 0.29) is 34.8 Å². The zero-order chi connectivity index (χ0) is 31.0. The molecule has 2 atom stereocenters. The molecular formula is C32H39F5O5. The van der Waals surface area contributed by atoms with E-state index < -0.39 is 30.9 Å². The normalized spacial score (nSPS) is 19.3. The highest BCUT2D eigenvalue weighted by Gasteiger charge is 2.56. The molecule has 3 rings (SSSR count). The highest BCUT2D eigenvalue weighted by atomic mass is 19.4. The van der Waals surface area contributed by atoms with Crippen LogP contribution in [0.2, 0.25) is 0 Å². The highest BCUT2D eigenvalue weighted by Crippen LogP contribution is 2.50. The standard InChI is InChI=1S/C32H39F5O5/c1-30(23-13-15-24(38)16-14-23)21-42-28-20-25(39)17-18-26(28)27(30)12-8-6-4-2-3-5-7-10-22(29(40)41)11-9-19-31(33,34)32(35,36)37/h11,13-18,20,27,38-39H,2-10,12,19,21H2,1H3,(H,40,41)/b22-11-. The number of phenols is 2. The van der Waals surface area contributed by atoms with Gasteiger partial charge in [0.15, 0.2) is 0 Å². The number of halogens is 5. The van der Waals surface area contributed by atoms with Gasteiger partial charge in [0.2, 0.25) is 0 Å². The number of aliphatic carboxylic acids is 1. The maximum absolute atomic E-state index is 13.1. The Morgan fingerprint density at radius 3 is 2.14 bits per heavy atom. The first-order valence-electron chi connectivity index (χ1n) is 14.4. The second-order valence-electron chi connectivity index (χ2n) is 11.3. The Balaban J connectivity index is 1.44. The van der Waals surface area contributed by atoms with Crippen molar-refractivity contribution in [1.29, 1.82) is 0 Å². The van der Waals surface area contributed by atoms with Crippen molar-refractivity contribution in [3.8, 4) is 17.2 Å². The van der Waals surface area contributed by atoms with Crippen molar-refractivity contribution in [2.45, 2.75) is 101 Å². The second-order valence-corrected chi connectivity index (χ2v) is 11.3. The summed E-state index contributed by atoms with van der Waals surface area (Å²) in [6.07, 6.45) is 0.236. The topological polar surface area (TPSA) is 87.0 Å². The Morgan fingerprint density at radius 2 is 1.52 bits per heavy atom. The van der Waals surface area contributed by atoms with E-state index in [1.807, 2.05) is 18.2 Å². The number of unbranched alkanes of at least 4 members (excludes halogenated alkanes) is 6. The second kappa shape index (κ2) is 14.2. The molecule has 3 N–H and O–H groups in total. The predicted octanol–water partition coefficient (Wildman–Crippen LogP) is 9.03. The number of hydrogen-bond donors (Lipinski definition) is 3. The molecule has 2 aromatic rings. The third-order valence-electron chi connectivity index (χ3n) is 8.17. The molecule has 10 heteroatoms. The van der Waals surface area contributed by atoms with Gasteiger partial charge in [-0.05, 0) is 55.0 Å². The average Bonchev–Trinajstić information content (AvgIpc) is 2.91. The summed E-state index contributed by atoms with van der Waals surface area (Å²) in [5, 5.41) is 29.0. The molecule has 5 nitrogen and oxygen atoms in total. The molecule has 0 aliphatic carbocycles. The van der Waals surface area contributed by atoms with E-state index in [0.29, 0.717) is 18.8 Å². The lowest BCUT2D eigenvalue weighted by Gasteiger charge is -2.43. The summed E-state index contributed by atoms with van der Waals surface area (Å²) >= 11 is 0. The first-order chi connectivity index (χ1) is 19.7. The van der Waals surface area contributed by atoms with E-state index in [0.717, 1.165) is 62.1 Å². The molecule has 42 heavy (non-hydrogen) atoms. The van der Waals surface area contributed by atoms with Gasteiger partial charge in [-0.1, -0.05) is 69.7 Å². The maximum Gasteiger partial charge on any atom is 0.453 e. The Bertz CT molecular complexity index is 1210. The Morgan fingerprint density at radius 1 is 0.929 bits per heavy atom. The summed E-state index contributed by atoms with van der Waals surface area (Å²) in [6, 6.07) is 12.4. The van der Waals surface area contributed by atoms with Gasteiger partial charge in [-0.3, -0.25) is 0 Å². The van der Waals surface area contributed by atoms with Gasteiger partial charge in [-0.15, -0.1) is 0 Å². The SMILES string of the molecule is CC1(c2ccc(O)cc2)COc2cc(O)ccc2C1CCCCCCCCC/C(=C/CCC(F)(F)C(F)(F)F)C(=O)O. The largest absolute Gasteiger partial charge is 0.508 e. The summed E-state index contributed by atoms with van der Waals surface area (Å²) in [6.45, 7) is 2.60. The molecule has 0 spiro atoms. The minimum Gasteiger partial charge on any atom is -0.508 e. The fourth-order valence-corrected chi connectivity index (χ4v) is 5.62. The number of allylic oxidation sites excluding steroid dienone is 1. The van der Waals surface area contributed by atoms with Crippen LogP contribution >= 0.6 is 0 Å². The van der Waals surface area contributed by atoms with Gasteiger partial charge in [-0.25, -0.2) is 4.79 Å². The molecule has 2 unspecified atom stereocenters. The molecule has 0 saturated heterocycles. The number of aromatic hydroxyl groups is 2. The van der Waals surface area contributed by atoms with Crippen molar-refractivity contribution in [3.05, 3.63) is 65.2 Å². The monoisotopic (exact) mass is 598 g/mol. The van der Waals surface area contributed by atoms with Gasteiger partial charge >= 0.3 is 18.1 Å². The van der Waals surface area contributed by atoms with Crippen LogP contribution in [0.1, 0.15) is 94.6 Å². The summed E-state index contributed by atoms with van der Waals surface area (Å²) in [4.78, 5) is 11.4. The number of benzene rings is 2. The predicted molar refractivity (Wildman–Crippen MR) is 149 cm³/mol. The van der Waals surface area contributed by atoms with Gasteiger partial charge in [0.1, 0.15) is 17.2 Å². The van der Waals surface area contributed by atoms with Gasteiger partial charge in [0.25, 0.3) is 0 Å². The summed E-state index contributed by atoms with van der Waals surface area (Å²) in [5.74, 6) is -4.97. The molecule has 0 bridgehead atoms. The lowest BCUT2D eigenvalue weighted by molar-refractivity contribution is -0.283. The van der Waals surface area contributed by atoms with Gasteiger partial charge in [-0.2, -0.15) is 22.0 Å². The molecule has 0 amide bonds. The number of ether oxygens (including phenoxy) is 1. The van der Waals surface area contributed by atoms with Crippen LogP contribution in [0.3, 0.4) is 0 Å². The van der Waals surface area contributed by atoms with Crippen LogP contribution in [-0.4, -0.2) is 40.0 Å². The number of carboxylic acids is 1. The van der Waals surface area contributed by atoms with Crippen molar-refractivity contribution in [2.75, 3.05) is 6.61 Å². The minimum atomic E-state index is -5.64. The minimum absolute atomic E-state index is 0.126. The molecule has 1 aliphatic rings. The highest BCUT2D eigenvalue weighted by molar-refractivity contribution is 5.86. The van der Waals surface area contributed by atoms with Crippen molar-refractivity contribution in [1.82, 2.24) is 0 Å². The number of carbonyl (C=O) groups is 1. The van der Waals surface area contributed by atoms with E-state index in [1.54, 1.807) is 24.3 Å². The first kappa shape index (κ1) is 33.2. The van der Waals surface area contributed by atoms with Crippen LogP contribution in [0.25, 0.3) is 0 Å². The Kier molecular flexibility index (Phi) is 11.3. The Labute approximate surface area is 243 Å². The van der Waals surface area contributed by atoms with Crippen LogP contribution in [0.15, 0.2) is 54.1 Å². The number of hydrogen-bond acceptors (Lipinski definition) is 4. The third-order valence-corrected chi connectivity index (χ3v) is 8.17. The fourth-order valence-electron chi connectivity index (χ4n) is 5.62. The first-order valence-corrected chi connectivity index (χ1v) is 14.4. The number of fused-ring (bicyclic) bond motifs is 1. The third kappa shape index (κ3) is 8.61. The van der Waals surface area contributed by atoms with Crippen LogP contribution in [0.5, 0.6) is 17.2 Å². The van der Waals surface area contributed by atoms with E-state index in [9.17, 15) is 42.1 Å². The zero-order valence-electron chi connectivity index (χ0n) is 23.7. The number of alkyl halides is 5. The van der Waals surface area contributed by atoms with Crippen molar-refractivity contribution in [2.24, 2.45) is 0 Å². The lowest BCUT2D eigenvalue weighted by Crippen LogP contribution is -2.40. The summed E-state index contributed by atoms with van der Waals surface area (Å²) in [5.41, 5.74) is 1.65. The molecule has 0 radical (unpaired) electrons. The molecule has 0 fully saturated rings. The lowest BCUT2D eigenvalue weighted by atomic mass is 9.66. The summed E-state index contributed by atoms with van der Waals surface area (Å²) < 4.78 is 69.0. The molecule has 1 aliphatic heterocycles. The van der Waals surface area contributed by atoms with E-state index >= 15 is 0 Å². The number of carboxylic acid groups (broad SMARTS) is 1. The molecule has 2 aromatic carbocycles. The molecule has 1 heterocycles. The summed E-state index contributed by atoms with van der Waals surface area (Å²) in [7, 11) is 0. The zero-order valence-corrected chi connectivity index (χ0v) is 23.7. The molecule has 232 valence electrons. The Hall–Kier alpha value is -3.30. The van der Waals surface area contributed by atoms with Crippen molar-refractivity contribution >= 4 is 5.97 Å². The molecular weight excluding hydrogens is 559 g/mol. The van der Waals surface area contributed by atoms with Crippen LogP contribution < -0.4 is 4.74 Å². The molecule has 0 aromatic heterocycles. The van der Waals surface area contributed by atoms with Crippen molar-refractivity contribution in [3.63, 3.8) is 0 Å². The maximum atomic E-state index is 13.1. The van der Waals surface area contributed by atoms with Crippen LogP contribution in [0.4, 0.5) is 22.0 Å². The van der Waals surface area contributed by atoms with Crippen LogP contribution in [-0.2, 0) is 10.2 Å². The van der Waals surface area contributed by atoms with Gasteiger partial charge in [0.05, 0.1) is 6.61 Å². The van der Waals surface area contributed by atoms with Gasteiger partial charge in [0, 0.05) is 29.4 Å². The quantitative estimate of drug-likeness (QED) is 0.108. The van der Waals surface area contributed by atoms with Crippen LogP contribution in [0, 0.1) is 0 Å². The van der Waals surface area contributed by atoms with Crippen molar-refractivity contribution < 1.29 is 46.8 Å². The van der Waals surface area contributed by atoms with E-state index in [1.165, 1.54) is 0 Å². The average molecular weight is 599 g/mol. The number of rotatable bonds is 15. The fraction of sp³-hybridized carbons (Fsp3) is 0.531.